The molecule has 0 aliphatic carbocycles. The van der Waals surface area contributed by atoms with E-state index in [1.165, 1.54) is 0 Å². The standard InChI is InChI=1S/C9H12N2OS2/c10-9(11)13-7-14(12)6-8-4-2-1-3-5-8/h1-5H,6-7H2,(H3,10,11). The van der Waals surface area contributed by atoms with Crippen LogP contribution in [0.25, 0.3) is 0 Å². The number of thioether (sulfide) groups is 1. The molecule has 1 aromatic rings. The molecule has 0 aliphatic rings. The number of benzene rings is 1. The highest BCUT2D eigenvalue weighted by atomic mass is 32.2. The Morgan fingerprint density at radius 3 is 2.64 bits per heavy atom. The molecule has 5 heteroatoms. The Kier molecular flexibility index (Phi) is 4.69. The van der Waals surface area contributed by atoms with Crippen LogP contribution in [0.1, 0.15) is 5.56 Å². The molecule has 1 unspecified atom stereocenters. The highest BCUT2D eigenvalue weighted by molar-refractivity contribution is 8.20. The zero-order valence-electron chi connectivity index (χ0n) is 7.60. The lowest BCUT2D eigenvalue weighted by Gasteiger charge is -2.00. The van der Waals surface area contributed by atoms with E-state index in [-0.39, 0.29) is 5.17 Å². The van der Waals surface area contributed by atoms with Crippen LogP contribution >= 0.6 is 11.8 Å². The number of hydrogen-bond donors (Lipinski definition) is 2. The topological polar surface area (TPSA) is 66.9 Å². The van der Waals surface area contributed by atoms with Crippen molar-refractivity contribution in [3.63, 3.8) is 0 Å². The van der Waals surface area contributed by atoms with Gasteiger partial charge in [0, 0.05) is 16.6 Å². The van der Waals surface area contributed by atoms with E-state index in [2.05, 4.69) is 0 Å². The number of nitrogens with one attached hydrogen (secondary N) is 1. The summed E-state index contributed by atoms with van der Waals surface area (Å²) in [6.07, 6.45) is 0. The van der Waals surface area contributed by atoms with Crippen LogP contribution in [0.3, 0.4) is 0 Å². The molecule has 0 heterocycles. The Morgan fingerprint density at radius 2 is 2.07 bits per heavy atom. The monoisotopic (exact) mass is 228 g/mol. The van der Waals surface area contributed by atoms with Crippen molar-refractivity contribution in [3.8, 4) is 0 Å². The van der Waals surface area contributed by atoms with Gasteiger partial charge in [0.25, 0.3) is 0 Å². The minimum atomic E-state index is -0.949. The maximum atomic E-state index is 11.5. The molecule has 0 saturated heterocycles. The molecule has 1 atom stereocenters. The van der Waals surface area contributed by atoms with Gasteiger partial charge in [0.2, 0.25) is 0 Å². The van der Waals surface area contributed by atoms with Gasteiger partial charge >= 0.3 is 0 Å². The van der Waals surface area contributed by atoms with Gasteiger partial charge in [-0.15, -0.1) is 0 Å². The fourth-order valence-electron chi connectivity index (χ4n) is 0.931. The molecule has 0 fully saturated rings. The van der Waals surface area contributed by atoms with E-state index >= 15 is 0 Å². The first-order valence-electron chi connectivity index (χ1n) is 4.04. The van der Waals surface area contributed by atoms with Gasteiger partial charge in [-0.2, -0.15) is 0 Å². The van der Waals surface area contributed by atoms with Gasteiger partial charge < -0.3 is 5.73 Å². The normalized spacial score (nSPS) is 12.3. The molecule has 0 radical (unpaired) electrons. The van der Waals surface area contributed by atoms with Crippen molar-refractivity contribution in [2.45, 2.75) is 5.75 Å². The lowest BCUT2D eigenvalue weighted by molar-refractivity contribution is 0.685. The zero-order chi connectivity index (χ0) is 10.4. The predicted molar refractivity (Wildman–Crippen MR) is 62.7 cm³/mol. The summed E-state index contributed by atoms with van der Waals surface area (Å²) < 4.78 is 11.5. The lowest BCUT2D eigenvalue weighted by Crippen LogP contribution is -2.07. The molecule has 3 nitrogen and oxygen atoms in total. The summed E-state index contributed by atoms with van der Waals surface area (Å²) in [6.45, 7) is 0. The summed E-state index contributed by atoms with van der Waals surface area (Å²) in [5, 5.41) is 7.39. The van der Waals surface area contributed by atoms with Gasteiger partial charge in [0.15, 0.2) is 5.17 Å². The summed E-state index contributed by atoms with van der Waals surface area (Å²) in [5.74, 6) is 0.529. The molecule has 76 valence electrons. The fourth-order valence-corrected chi connectivity index (χ4v) is 2.86. The first-order valence-corrected chi connectivity index (χ1v) is 6.51. The third-order valence-electron chi connectivity index (χ3n) is 1.52. The van der Waals surface area contributed by atoms with Crippen molar-refractivity contribution in [1.82, 2.24) is 0 Å². The van der Waals surface area contributed by atoms with Gasteiger partial charge in [-0.1, -0.05) is 42.1 Å². The summed E-state index contributed by atoms with van der Waals surface area (Å²) in [5.41, 5.74) is 6.20. The Bertz CT molecular complexity index is 327. The molecule has 3 N–H and O–H groups in total. The first-order chi connectivity index (χ1) is 6.68. The maximum absolute atomic E-state index is 11.5. The van der Waals surface area contributed by atoms with E-state index in [1.807, 2.05) is 30.3 Å². The summed E-state index contributed by atoms with van der Waals surface area (Å²) in [7, 11) is -0.949. The third-order valence-corrected chi connectivity index (χ3v) is 4.01. The van der Waals surface area contributed by atoms with E-state index in [1.54, 1.807) is 0 Å². The van der Waals surface area contributed by atoms with Gasteiger partial charge in [-0.25, -0.2) is 0 Å². The average Bonchev–Trinajstić information content (AvgIpc) is 2.16. The zero-order valence-corrected chi connectivity index (χ0v) is 9.24. The van der Waals surface area contributed by atoms with Crippen LogP contribution in [0.15, 0.2) is 30.3 Å². The summed E-state index contributed by atoms with van der Waals surface area (Å²) in [6, 6.07) is 9.65. The molecular formula is C9H12N2OS2. The van der Waals surface area contributed by atoms with Gasteiger partial charge in [-0.3, -0.25) is 9.62 Å². The minimum absolute atomic E-state index is 0.0198. The lowest BCUT2D eigenvalue weighted by atomic mass is 10.2. The van der Waals surface area contributed by atoms with Crippen LogP contribution in [0.4, 0.5) is 0 Å². The molecule has 1 rings (SSSR count). The van der Waals surface area contributed by atoms with Crippen molar-refractivity contribution in [1.29, 1.82) is 5.41 Å². The quantitative estimate of drug-likeness (QED) is 0.606. The largest absolute Gasteiger partial charge is 0.379 e. The SMILES string of the molecule is N=C(N)SCS(=O)Cc1ccccc1. The Morgan fingerprint density at radius 1 is 1.43 bits per heavy atom. The molecule has 0 amide bonds. The van der Waals surface area contributed by atoms with Crippen molar-refractivity contribution >= 4 is 27.7 Å². The Balaban J connectivity index is 2.38. The molecule has 0 aromatic heterocycles. The molecule has 1 aromatic carbocycles. The van der Waals surface area contributed by atoms with E-state index in [4.69, 9.17) is 11.1 Å². The van der Waals surface area contributed by atoms with E-state index < -0.39 is 10.8 Å². The van der Waals surface area contributed by atoms with Crippen molar-refractivity contribution in [2.75, 3.05) is 5.08 Å². The van der Waals surface area contributed by atoms with Crippen LogP contribution in [-0.4, -0.2) is 14.5 Å². The van der Waals surface area contributed by atoms with E-state index in [0.29, 0.717) is 10.8 Å². The molecule has 14 heavy (non-hydrogen) atoms. The van der Waals surface area contributed by atoms with E-state index in [9.17, 15) is 4.21 Å². The molecule has 0 bridgehead atoms. The number of rotatable bonds is 4. The molecule has 0 spiro atoms. The number of amidine groups is 1. The maximum Gasteiger partial charge on any atom is 0.151 e. The average molecular weight is 228 g/mol. The Labute approximate surface area is 90.0 Å². The second-order valence-electron chi connectivity index (χ2n) is 2.70. The van der Waals surface area contributed by atoms with Crippen molar-refractivity contribution < 1.29 is 4.21 Å². The van der Waals surface area contributed by atoms with Gasteiger partial charge in [0.05, 0.1) is 5.08 Å². The van der Waals surface area contributed by atoms with Crippen LogP contribution in [0, 0.1) is 5.41 Å². The fraction of sp³-hybridized carbons (Fsp3) is 0.222. The highest BCUT2D eigenvalue weighted by Gasteiger charge is 2.02. The smallest absolute Gasteiger partial charge is 0.151 e. The number of nitrogens with two attached hydrogens (primary N) is 1. The minimum Gasteiger partial charge on any atom is -0.379 e. The summed E-state index contributed by atoms with van der Waals surface area (Å²) in [4.78, 5) is 0. The van der Waals surface area contributed by atoms with Crippen LogP contribution in [0.5, 0.6) is 0 Å². The number of hydrogen-bond acceptors (Lipinski definition) is 3. The molecular weight excluding hydrogens is 216 g/mol. The molecule has 0 saturated carbocycles. The van der Waals surface area contributed by atoms with Crippen molar-refractivity contribution in [2.24, 2.45) is 5.73 Å². The van der Waals surface area contributed by atoms with Gasteiger partial charge in [-0.05, 0) is 5.56 Å². The highest BCUT2D eigenvalue weighted by Crippen LogP contribution is 2.07. The van der Waals surface area contributed by atoms with E-state index in [0.717, 1.165) is 17.3 Å². The third kappa shape index (κ3) is 4.43. The summed E-state index contributed by atoms with van der Waals surface area (Å²) >= 11 is 1.12. The second kappa shape index (κ2) is 5.82. The van der Waals surface area contributed by atoms with Crippen LogP contribution in [0.2, 0.25) is 0 Å². The van der Waals surface area contributed by atoms with Gasteiger partial charge in [0.1, 0.15) is 0 Å². The van der Waals surface area contributed by atoms with Crippen molar-refractivity contribution in [3.05, 3.63) is 35.9 Å². The first kappa shape index (κ1) is 11.3. The Hall–Kier alpha value is -0.810. The van der Waals surface area contributed by atoms with Crippen LogP contribution < -0.4 is 5.73 Å². The molecule has 0 aliphatic heterocycles. The predicted octanol–water partition coefficient (Wildman–Crippen LogP) is 1.52. The van der Waals surface area contributed by atoms with Crippen LogP contribution in [-0.2, 0) is 16.6 Å². The second-order valence-corrected chi connectivity index (χ2v) is 5.54.